The van der Waals surface area contributed by atoms with Crippen molar-refractivity contribution in [3.05, 3.63) is 137 Å². The number of carbonyl (C=O) groups excluding carboxylic acids is 1. The molecule has 1 unspecified atom stereocenters. The summed E-state index contributed by atoms with van der Waals surface area (Å²) in [6.07, 6.45) is 1.10. The molecule has 0 N–H and O–H groups in total. The van der Waals surface area contributed by atoms with Gasteiger partial charge in [-0.1, -0.05) is 97.1 Å². The Morgan fingerprint density at radius 1 is 0.707 bits per heavy atom. The van der Waals surface area contributed by atoms with Crippen LogP contribution in [0.15, 0.2) is 109 Å². The first-order chi connectivity index (χ1) is 19.9. The molecular formula is C37H41N3O. The van der Waals surface area contributed by atoms with E-state index in [-0.39, 0.29) is 17.5 Å². The van der Waals surface area contributed by atoms with Gasteiger partial charge in [-0.05, 0) is 68.1 Å². The first-order valence-corrected chi connectivity index (χ1v) is 15.0. The lowest BCUT2D eigenvalue weighted by atomic mass is 9.88. The van der Waals surface area contributed by atoms with Crippen molar-refractivity contribution in [3.8, 4) is 0 Å². The van der Waals surface area contributed by atoms with Crippen LogP contribution >= 0.6 is 0 Å². The van der Waals surface area contributed by atoms with E-state index in [1.165, 1.54) is 16.7 Å². The third kappa shape index (κ3) is 5.41. The summed E-state index contributed by atoms with van der Waals surface area (Å²) in [6.45, 7) is 11.6. The van der Waals surface area contributed by atoms with E-state index in [1.807, 2.05) is 18.2 Å². The normalized spacial score (nSPS) is 17.6. The van der Waals surface area contributed by atoms with E-state index >= 15 is 0 Å². The van der Waals surface area contributed by atoms with Gasteiger partial charge in [0, 0.05) is 43.3 Å². The number of benzene rings is 4. The van der Waals surface area contributed by atoms with Crippen molar-refractivity contribution in [1.82, 2.24) is 9.80 Å². The SMILES string of the molecule is CC(c1ccccc1)N1C(=O)c2cc(N3CCN(CCC(c4ccccc4)c4ccccc4)CC3)ccc2C1(C)C. The highest BCUT2D eigenvalue weighted by molar-refractivity contribution is 6.01. The Balaban J connectivity index is 1.12. The van der Waals surface area contributed by atoms with Gasteiger partial charge in [-0.3, -0.25) is 9.69 Å². The fourth-order valence-corrected chi connectivity index (χ4v) is 6.93. The molecule has 210 valence electrons. The molecular weight excluding hydrogens is 502 g/mol. The van der Waals surface area contributed by atoms with Crippen molar-refractivity contribution >= 4 is 11.6 Å². The molecule has 0 radical (unpaired) electrons. The molecule has 4 heteroatoms. The van der Waals surface area contributed by atoms with Crippen LogP contribution in [0.3, 0.4) is 0 Å². The molecule has 0 aliphatic carbocycles. The summed E-state index contributed by atoms with van der Waals surface area (Å²) < 4.78 is 0. The van der Waals surface area contributed by atoms with Gasteiger partial charge in [0.15, 0.2) is 0 Å². The maximum Gasteiger partial charge on any atom is 0.255 e. The number of piperazine rings is 1. The second kappa shape index (κ2) is 11.5. The molecule has 41 heavy (non-hydrogen) atoms. The second-order valence-corrected chi connectivity index (χ2v) is 12.0. The predicted molar refractivity (Wildman–Crippen MR) is 168 cm³/mol. The molecule has 4 nitrogen and oxygen atoms in total. The Hall–Kier alpha value is -3.89. The number of fused-ring (bicyclic) bond motifs is 1. The van der Waals surface area contributed by atoms with E-state index in [2.05, 4.69) is 126 Å². The minimum atomic E-state index is -0.354. The first-order valence-electron chi connectivity index (χ1n) is 15.0. The minimum absolute atomic E-state index is 0.00805. The molecule has 1 saturated heterocycles. The van der Waals surface area contributed by atoms with Crippen LogP contribution in [0.1, 0.15) is 71.8 Å². The molecule has 2 heterocycles. The smallest absolute Gasteiger partial charge is 0.255 e. The maximum atomic E-state index is 13.8. The van der Waals surface area contributed by atoms with E-state index in [1.54, 1.807) is 0 Å². The van der Waals surface area contributed by atoms with Crippen molar-refractivity contribution in [2.24, 2.45) is 0 Å². The zero-order valence-corrected chi connectivity index (χ0v) is 24.5. The third-order valence-electron chi connectivity index (χ3n) is 9.26. The lowest BCUT2D eigenvalue weighted by Gasteiger charge is -2.38. The molecule has 0 aromatic heterocycles. The fourth-order valence-electron chi connectivity index (χ4n) is 6.93. The molecule has 4 aromatic rings. The molecule has 4 aromatic carbocycles. The molecule has 1 fully saturated rings. The average molecular weight is 544 g/mol. The first kappa shape index (κ1) is 27.3. The zero-order chi connectivity index (χ0) is 28.4. The van der Waals surface area contributed by atoms with Crippen LogP contribution in [0.5, 0.6) is 0 Å². The Bertz CT molecular complexity index is 1420. The van der Waals surface area contributed by atoms with E-state index in [4.69, 9.17) is 0 Å². The lowest BCUT2D eigenvalue weighted by molar-refractivity contribution is 0.0496. The Labute approximate surface area is 245 Å². The Kier molecular flexibility index (Phi) is 7.68. The quantitative estimate of drug-likeness (QED) is 0.230. The van der Waals surface area contributed by atoms with Crippen molar-refractivity contribution in [1.29, 1.82) is 0 Å². The summed E-state index contributed by atoms with van der Waals surface area (Å²) >= 11 is 0. The number of nitrogens with zero attached hydrogens (tertiary/aromatic N) is 3. The topological polar surface area (TPSA) is 26.8 Å². The van der Waals surface area contributed by atoms with Gasteiger partial charge in [-0.25, -0.2) is 0 Å². The number of hydrogen-bond donors (Lipinski definition) is 0. The molecule has 0 bridgehead atoms. The van der Waals surface area contributed by atoms with Gasteiger partial charge >= 0.3 is 0 Å². The van der Waals surface area contributed by atoms with Crippen LogP contribution in [0.4, 0.5) is 5.69 Å². The van der Waals surface area contributed by atoms with Gasteiger partial charge in [0.2, 0.25) is 0 Å². The van der Waals surface area contributed by atoms with Crippen LogP contribution in [-0.2, 0) is 5.54 Å². The summed E-state index contributed by atoms with van der Waals surface area (Å²) in [6, 6.07) is 38.7. The minimum Gasteiger partial charge on any atom is -0.369 e. The largest absolute Gasteiger partial charge is 0.369 e. The number of amides is 1. The van der Waals surface area contributed by atoms with Gasteiger partial charge in [0.25, 0.3) is 5.91 Å². The summed E-state index contributed by atoms with van der Waals surface area (Å²) in [5.41, 5.74) is 6.73. The summed E-state index contributed by atoms with van der Waals surface area (Å²) in [7, 11) is 0. The highest BCUT2D eigenvalue weighted by Crippen LogP contribution is 2.45. The van der Waals surface area contributed by atoms with Gasteiger partial charge < -0.3 is 9.80 Å². The van der Waals surface area contributed by atoms with Gasteiger partial charge in [-0.15, -0.1) is 0 Å². The number of anilines is 1. The summed E-state index contributed by atoms with van der Waals surface area (Å²) in [5, 5.41) is 0. The van der Waals surface area contributed by atoms with Crippen LogP contribution in [0.2, 0.25) is 0 Å². The van der Waals surface area contributed by atoms with Gasteiger partial charge in [-0.2, -0.15) is 0 Å². The van der Waals surface area contributed by atoms with Crippen molar-refractivity contribution in [2.45, 2.75) is 44.7 Å². The Morgan fingerprint density at radius 2 is 1.24 bits per heavy atom. The number of carbonyl (C=O) groups is 1. The number of hydrogen-bond acceptors (Lipinski definition) is 3. The van der Waals surface area contributed by atoms with Crippen molar-refractivity contribution in [3.63, 3.8) is 0 Å². The average Bonchev–Trinajstić information content (AvgIpc) is 3.22. The van der Waals surface area contributed by atoms with E-state index in [0.717, 1.165) is 56.0 Å². The third-order valence-corrected chi connectivity index (χ3v) is 9.26. The highest BCUT2D eigenvalue weighted by atomic mass is 16.2. The van der Waals surface area contributed by atoms with Crippen LogP contribution in [0, 0.1) is 0 Å². The van der Waals surface area contributed by atoms with Crippen LogP contribution in [-0.4, -0.2) is 48.4 Å². The van der Waals surface area contributed by atoms with Gasteiger partial charge in [0.05, 0.1) is 11.6 Å². The van der Waals surface area contributed by atoms with Crippen molar-refractivity contribution in [2.75, 3.05) is 37.6 Å². The van der Waals surface area contributed by atoms with Crippen molar-refractivity contribution < 1.29 is 4.79 Å². The van der Waals surface area contributed by atoms with E-state index < -0.39 is 0 Å². The molecule has 1 atom stereocenters. The molecule has 0 spiro atoms. The van der Waals surface area contributed by atoms with Gasteiger partial charge in [0.1, 0.15) is 0 Å². The summed E-state index contributed by atoms with van der Waals surface area (Å²) in [5.74, 6) is 0.539. The van der Waals surface area contributed by atoms with Crippen LogP contribution in [0.25, 0.3) is 0 Å². The summed E-state index contributed by atoms with van der Waals surface area (Å²) in [4.78, 5) is 20.9. The highest BCUT2D eigenvalue weighted by Gasteiger charge is 2.45. The molecule has 1 amide bonds. The molecule has 0 saturated carbocycles. The van der Waals surface area contributed by atoms with E-state index in [9.17, 15) is 4.79 Å². The Morgan fingerprint density at radius 3 is 1.80 bits per heavy atom. The van der Waals surface area contributed by atoms with Crippen LogP contribution < -0.4 is 4.90 Å². The maximum absolute atomic E-state index is 13.8. The molecule has 6 rings (SSSR count). The predicted octanol–water partition coefficient (Wildman–Crippen LogP) is 7.48. The molecule has 2 aliphatic rings. The van der Waals surface area contributed by atoms with E-state index in [0.29, 0.717) is 5.92 Å². The lowest BCUT2D eigenvalue weighted by Crippen LogP contribution is -2.46. The monoisotopic (exact) mass is 543 g/mol. The standard InChI is InChI=1S/C37H41N3O/c1-28(29-13-7-4-8-14-29)40-36(41)34-27-32(19-20-35(34)37(40,2)3)39-25-23-38(24-26-39)22-21-33(30-15-9-5-10-16-30)31-17-11-6-12-18-31/h4-20,27-28,33H,21-26H2,1-3H3. The fraction of sp³-hybridized carbons (Fsp3) is 0.324. The molecule has 2 aliphatic heterocycles. The second-order valence-electron chi connectivity index (χ2n) is 12.0. The zero-order valence-electron chi connectivity index (χ0n) is 24.5. The number of rotatable bonds is 8.